The fourth-order valence-corrected chi connectivity index (χ4v) is 2.37. The smallest absolute Gasteiger partial charge is 0.123 e. The molecule has 4 nitrogen and oxygen atoms in total. The zero-order valence-corrected chi connectivity index (χ0v) is 9.88. The van der Waals surface area contributed by atoms with Crippen LogP contribution in [-0.2, 0) is 24.0 Å². The minimum atomic E-state index is 0.634. The number of nitrogens with zero attached hydrogens (tertiary/aromatic N) is 3. The lowest BCUT2D eigenvalue weighted by Crippen LogP contribution is -2.51. The average Bonchev–Trinajstić information content (AvgIpc) is 2.57. The van der Waals surface area contributed by atoms with E-state index in [0.717, 1.165) is 39.0 Å². The summed E-state index contributed by atoms with van der Waals surface area (Å²) in [5.41, 5.74) is 1.18. The van der Waals surface area contributed by atoms with Gasteiger partial charge in [-0.3, -0.25) is 4.90 Å². The molecule has 2 aliphatic heterocycles. The highest BCUT2D eigenvalue weighted by Gasteiger charge is 2.29. The first kappa shape index (κ1) is 9.76. The number of hydrogen-bond donors (Lipinski definition) is 0. The van der Waals surface area contributed by atoms with Crippen LogP contribution in [0.3, 0.4) is 0 Å². The van der Waals surface area contributed by atoms with E-state index in [1.165, 1.54) is 11.5 Å². The van der Waals surface area contributed by atoms with Gasteiger partial charge in [0.25, 0.3) is 0 Å². The summed E-state index contributed by atoms with van der Waals surface area (Å²) in [6.45, 7) is 4.99. The van der Waals surface area contributed by atoms with Gasteiger partial charge >= 0.3 is 0 Å². The molecule has 15 heavy (non-hydrogen) atoms. The van der Waals surface area contributed by atoms with E-state index in [1.54, 1.807) is 0 Å². The van der Waals surface area contributed by atoms with E-state index in [-0.39, 0.29) is 0 Å². The first-order valence-electron chi connectivity index (χ1n) is 5.43. The lowest BCUT2D eigenvalue weighted by atomic mass is 10.2. The zero-order valence-electron chi connectivity index (χ0n) is 8.72. The fraction of sp³-hybridized carbons (Fsp3) is 0.700. The van der Waals surface area contributed by atoms with Crippen molar-refractivity contribution >= 4 is 9.24 Å². The van der Waals surface area contributed by atoms with Crippen LogP contribution in [0.2, 0.25) is 0 Å². The molecular weight excluding hydrogens is 209 g/mol. The third-order valence-corrected chi connectivity index (χ3v) is 3.65. The maximum atomic E-state index is 5.23. The topological polar surface area (TPSA) is 30.3 Å². The Bertz CT molecular complexity index is 362. The van der Waals surface area contributed by atoms with Crippen molar-refractivity contribution in [3.8, 4) is 0 Å². The van der Waals surface area contributed by atoms with Gasteiger partial charge in [-0.2, -0.15) is 0 Å². The van der Waals surface area contributed by atoms with Gasteiger partial charge in [0.05, 0.1) is 31.5 Å². The van der Waals surface area contributed by atoms with E-state index in [9.17, 15) is 0 Å². The summed E-state index contributed by atoms with van der Waals surface area (Å²) >= 11 is 0. The third kappa shape index (κ3) is 1.71. The molecule has 1 aromatic heterocycles. The number of rotatable bonds is 2. The van der Waals surface area contributed by atoms with Gasteiger partial charge in [-0.05, 0) is 0 Å². The van der Waals surface area contributed by atoms with E-state index >= 15 is 0 Å². The van der Waals surface area contributed by atoms with E-state index in [1.807, 2.05) is 0 Å². The molecular formula is C10H16N3OP. The Morgan fingerprint density at radius 1 is 1.47 bits per heavy atom. The average molecular weight is 225 g/mol. The van der Waals surface area contributed by atoms with Crippen molar-refractivity contribution in [2.75, 3.05) is 19.8 Å². The first-order chi connectivity index (χ1) is 7.36. The van der Waals surface area contributed by atoms with Gasteiger partial charge in [0.2, 0.25) is 0 Å². The summed E-state index contributed by atoms with van der Waals surface area (Å²) < 4.78 is 7.52. The molecule has 0 N–H and O–H groups in total. The molecule has 0 radical (unpaired) electrons. The maximum absolute atomic E-state index is 5.23. The number of imidazole rings is 1. The lowest BCUT2D eigenvalue weighted by molar-refractivity contribution is -0.0734. The van der Waals surface area contributed by atoms with Gasteiger partial charge in [0, 0.05) is 25.4 Å². The van der Waals surface area contributed by atoms with Crippen molar-refractivity contribution in [1.82, 2.24) is 14.5 Å². The Kier molecular flexibility index (Phi) is 2.51. The minimum absolute atomic E-state index is 0.634. The summed E-state index contributed by atoms with van der Waals surface area (Å²) in [5, 5.41) is 0. The molecule has 1 fully saturated rings. The predicted molar refractivity (Wildman–Crippen MR) is 60.7 cm³/mol. The van der Waals surface area contributed by atoms with Crippen LogP contribution in [0.1, 0.15) is 11.5 Å². The second kappa shape index (κ2) is 3.85. The molecule has 0 aliphatic carbocycles. The molecule has 1 saturated heterocycles. The SMILES string of the molecule is PCc1cn2c(n1)CN(C1COC1)CC2. The van der Waals surface area contributed by atoms with E-state index in [2.05, 4.69) is 29.9 Å². The van der Waals surface area contributed by atoms with Gasteiger partial charge in [-0.15, -0.1) is 9.24 Å². The summed E-state index contributed by atoms with van der Waals surface area (Å²) in [6, 6.07) is 0.634. The van der Waals surface area contributed by atoms with Crippen LogP contribution in [0.15, 0.2) is 6.20 Å². The Hall–Kier alpha value is -0.440. The minimum Gasteiger partial charge on any atom is -0.378 e. The molecule has 2 aliphatic rings. The number of ether oxygens (including phenoxy) is 1. The monoisotopic (exact) mass is 225 g/mol. The van der Waals surface area contributed by atoms with Gasteiger partial charge in [0.1, 0.15) is 5.82 Å². The highest BCUT2D eigenvalue weighted by atomic mass is 31.0. The molecule has 5 heteroatoms. The molecule has 1 unspecified atom stereocenters. The first-order valence-corrected chi connectivity index (χ1v) is 6.25. The normalized spacial score (nSPS) is 22.5. The number of fused-ring (bicyclic) bond motifs is 1. The molecule has 0 spiro atoms. The highest BCUT2D eigenvalue weighted by molar-refractivity contribution is 7.15. The molecule has 0 amide bonds. The van der Waals surface area contributed by atoms with Crippen molar-refractivity contribution in [3.05, 3.63) is 17.7 Å². The maximum Gasteiger partial charge on any atom is 0.123 e. The summed E-state index contributed by atoms with van der Waals surface area (Å²) in [7, 11) is 2.73. The van der Waals surface area contributed by atoms with Crippen LogP contribution in [0.25, 0.3) is 0 Å². The van der Waals surface area contributed by atoms with Crippen LogP contribution in [0.4, 0.5) is 0 Å². The Morgan fingerprint density at radius 2 is 2.33 bits per heavy atom. The molecule has 1 aromatic rings. The lowest BCUT2D eigenvalue weighted by Gasteiger charge is -2.39. The van der Waals surface area contributed by atoms with Crippen molar-refractivity contribution in [2.45, 2.75) is 25.3 Å². The molecule has 3 rings (SSSR count). The molecule has 1 atom stereocenters. The van der Waals surface area contributed by atoms with Crippen molar-refractivity contribution in [1.29, 1.82) is 0 Å². The van der Waals surface area contributed by atoms with E-state index < -0.39 is 0 Å². The van der Waals surface area contributed by atoms with E-state index in [0.29, 0.717) is 6.04 Å². The van der Waals surface area contributed by atoms with Crippen LogP contribution >= 0.6 is 9.24 Å². The largest absolute Gasteiger partial charge is 0.378 e. The van der Waals surface area contributed by atoms with Crippen LogP contribution < -0.4 is 0 Å². The number of hydrogen-bond acceptors (Lipinski definition) is 3. The molecule has 0 saturated carbocycles. The molecule has 0 bridgehead atoms. The highest BCUT2D eigenvalue weighted by Crippen LogP contribution is 2.19. The van der Waals surface area contributed by atoms with Crippen molar-refractivity contribution in [2.24, 2.45) is 0 Å². The molecule has 3 heterocycles. The predicted octanol–water partition coefficient (Wildman–Crippen LogP) is 0.473. The Balaban J connectivity index is 1.76. The van der Waals surface area contributed by atoms with Crippen molar-refractivity contribution in [3.63, 3.8) is 0 Å². The second-order valence-electron chi connectivity index (χ2n) is 4.21. The van der Waals surface area contributed by atoms with E-state index in [4.69, 9.17) is 4.74 Å². The van der Waals surface area contributed by atoms with Gasteiger partial charge < -0.3 is 9.30 Å². The molecule has 82 valence electrons. The molecule has 0 aromatic carbocycles. The fourth-order valence-electron chi connectivity index (χ4n) is 2.17. The standard InChI is InChI=1S/C10H16N3OP/c15-7-8-3-13-2-1-12(4-10(13)11-8)9-5-14-6-9/h3,9H,1-2,4-7,15H2. The quantitative estimate of drug-likeness (QED) is 0.685. The van der Waals surface area contributed by atoms with Crippen molar-refractivity contribution < 1.29 is 4.74 Å². The summed E-state index contributed by atoms with van der Waals surface area (Å²) in [4.78, 5) is 7.10. The van der Waals surface area contributed by atoms with Gasteiger partial charge in [-0.25, -0.2) is 4.98 Å². The van der Waals surface area contributed by atoms with Crippen LogP contribution in [0.5, 0.6) is 0 Å². The zero-order chi connectivity index (χ0) is 10.3. The van der Waals surface area contributed by atoms with Gasteiger partial charge in [-0.1, -0.05) is 0 Å². The Morgan fingerprint density at radius 3 is 3.00 bits per heavy atom. The number of aromatic nitrogens is 2. The van der Waals surface area contributed by atoms with Crippen LogP contribution in [-0.4, -0.2) is 40.3 Å². The second-order valence-corrected chi connectivity index (χ2v) is 4.62. The van der Waals surface area contributed by atoms with Crippen LogP contribution in [0, 0.1) is 0 Å². The van der Waals surface area contributed by atoms with Gasteiger partial charge in [0.15, 0.2) is 0 Å². The summed E-state index contributed by atoms with van der Waals surface area (Å²) in [6.07, 6.45) is 3.13. The Labute approximate surface area is 91.8 Å². The summed E-state index contributed by atoms with van der Waals surface area (Å²) in [5.74, 6) is 1.21. The third-order valence-electron chi connectivity index (χ3n) is 3.23.